The predicted molar refractivity (Wildman–Crippen MR) is 70.1 cm³/mol. The van der Waals surface area contributed by atoms with Gasteiger partial charge in [-0.1, -0.05) is 0 Å². The van der Waals surface area contributed by atoms with Crippen LogP contribution in [0.1, 0.15) is 5.82 Å². The fourth-order valence-corrected chi connectivity index (χ4v) is 2.80. The van der Waals surface area contributed by atoms with Gasteiger partial charge in [0.15, 0.2) is 4.34 Å². The van der Waals surface area contributed by atoms with E-state index in [9.17, 15) is 0 Å². The molecule has 0 aliphatic heterocycles. The molecule has 0 saturated carbocycles. The normalized spacial score (nSPS) is 10.8. The largest absolute Gasteiger partial charge is 0.368 e. The van der Waals surface area contributed by atoms with Gasteiger partial charge in [-0.2, -0.15) is 24.4 Å². The van der Waals surface area contributed by atoms with E-state index in [1.807, 2.05) is 6.92 Å². The second-order valence-corrected chi connectivity index (χ2v) is 5.40. The minimum atomic E-state index is 0.143. The van der Waals surface area contributed by atoms with Gasteiger partial charge in [-0.05, 0) is 36.3 Å². The minimum Gasteiger partial charge on any atom is -0.368 e. The molecule has 0 radical (unpaired) electrons. The van der Waals surface area contributed by atoms with Gasteiger partial charge in [-0.3, -0.25) is 0 Å². The summed E-state index contributed by atoms with van der Waals surface area (Å²) in [5, 5.41) is 4.52. The lowest BCUT2D eigenvalue weighted by molar-refractivity contribution is 0.764. The number of nitrogens with zero attached hydrogens (tertiary/aromatic N) is 7. The topological polar surface area (TPSA) is 108 Å². The molecule has 19 heavy (non-hydrogen) atoms. The Kier molecular flexibility index (Phi) is 3.09. The van der Waals surface area contributed by atoms with Gasteiger partial charge in [-0.15, -0.1) is 0 Å². The lowest BCUT2D eigenvalue weighted by Gasteiger charge is -2.02. The molecule has 10 heteroatoms. The summed E-state index contributed by atoms with van der Waals surface area (Å²) in [6.07, 6.45) is 3.37. The van der Waals surface area contributed by atoms with Crippen LogP contribution in [0.25, 0.3) is 5.95 Å². The van der Waals surface area contributed by atoms with Gasteiger partial charge in [0.05, 0.1) is 0 Å². The van der Waals surface area contributed by atoms with Crippen molar-refractivity contribution < 1.29 is 0 Å². The highest BCUT2D eigenvalue weighted by Gasteiger charge is 2.10. The van der Waals surface area contributed by atoms with Crippen LogP contribution < -0.4 is 5.73 Å². The van der Waals surface area contributed by atoms with Crippen molar-refractivity contribution in [2.75, 3.05) is 5.73 Å². The molecule has 0 aliphatic rings. The van der Waals surface area contributed by atoms with Crippen LogP contribution in [0.3, 0.4) is 0 Å². The van der Waals surface area contributed by atoms with Crippen molar-refractivity contribution in [2.24, 2.45) is 0 Å². The SMILES string of the molecule is Cc1nsc(Sc2nc(N)nc(-n3cccn3)n2)n1. The Bertz CT molecular complexity index is 692. The van der Waals surface area contributed by atoms with Crippen LogP contribution >= 0.6 is 23.3 Å². The van der Waals surface area contributed by atoms with E-state index in [1.54, 1.807) is 18.5 Å². The van der Waals surface area contributed by atoms with Crippen molar-refractivity contribution in [1.82, 2.24) is 34.1 Å². The van der Waals surface area contributed by atoms with Crippen LogP contribution in [0.15, 0.2) is 28.0 Å². The van der Waals surface area contributed by atoms with Crippen molar-refractivity contribution in [3.8, 4) is 5.95 Å². The van der Waals surface area contributed by atoms with E-state index in [0.717, 1.165) is 10.2 Å². The molecule has 0 aromatic carbocycles. The summed E-state index contributed by atoms with van der Waals surface area (Å²) in [6, 6.07) is 1.78. The smallest absolute Gasteiger partial charge is 0.256 e. The standard InChI is InChI=1S/C9H8N8S2/c1-5-12-9(19-16-5)18-8-14-6(10)13-7(15-8)17-4-2-3-11-17/h2-4H,1H3,(H2,10,13,14,15). The first-order valence-electron chi connectivity index (χ1n) is 5.20. The maximum absolute atomic E-state index is 5.68. The van der Waals surface area contributed by atoms with E-state index < -0.39 is 0 Å². The molecule has 0 aliphatic carbocycles. The van der Waals surface area contributed by atoms with Gasteiger partial charge in [0, 0.05) is 12.4 Å². The van der Waals surface area contributed by atoms with E-state index in [1.165, 1.54) is 28.0 Å². The number of aryl methyl sites for hydroxylation is 1. The molecule has 3 heterocycles. The quantitative estimate of drug-likeness (QED) is 0.760. The van der Waals surface area contributed by atoms with Crippen LogP contribution in [0.5, 0.6) is 0 Å². The van der Waals surface area contributed by atoms with Gasteiger partial charge < -0.3 is 5.73 Å². The van der Waals surface area contributed by atoms with Crippen LogP contribution in [-0.4, -0.2) is 34.1 Å². The molecule has 8 nitrogen and oxygen atoms in total. The maximum Gasteiger partial charge on any atom is 0.256 e. The van der Waals surface area contributed by atoms with Crippen molar-refractivity contribution in [1.29, 1.82) is 0 Å². The summed E-state index contributed by atoms with van der Waals surface area (Å²) in [5.74, 6) is 1.24. The first-order chi connectivity index (χ1) is 9.20. The number of hydrogen-bond acceptors (Lipinski definition) is 9. The first kappa shape index (κ1) is 12.0. The molecule has 0 saturated heterocycles. The second kappa shape index (κ2) is 4.90. The molecule has 0 amide bonds. The molecule has 96 valence electrons. The van der Waals surface area contributed by atoms with Crippen LogP contribution in [-0.2, 0) is 0 Å². The Labute approximate surface area is 116 Å². The molecule has 0 spiro atoms. The van der Waals surface area contributed by atoms with Crippen LogP contribution in [0, 0.1) is 6.92 Å². The molecule has 3 rings (SSSR count). The molecule has 2 N–H and O–H groups in total. The first-order valence-corrected chi connectivity index (χ1v) is 6.79. The molecule has 0 fully saturated rings. The second-order valence-electron chi connectivity index (χ2n) is 3.44. The summed E-state index contributed by atoms with van der Waals surface area (Å²) in [5.41, 5.74) is 5.68. The number of rotatable bonds is 3. The van der Waals surface area contributed by atoms with Crippen LogP contribution in [0.4, 0.5) is 5.95 Å². The highest BCUT2D eigenvalue weighted by molar-refractivity contribution is 8.00. The Hall–Kier alpha value is -2.07. The highest BCUT2D eigenvalue weighted by Crippen LogP contribution is 2.26. The van der Waals surface area contributed by atoms with E-state index in [0.29, 0.717) is 11.1 Å². The third-order valence-corrected chi connectivity index (χ3v) is 3.72. The summed E-state index contributed by atoms with van der Waals surface area (Å²) >= 11 is 2.59. The van der Waals surface area contributed by atoms with Crippen molar-refractivity contribution in [3.05, 3.63) is 24.3 Å². The zero-order chi connectivity index (χ0) is 13.2. The molecule has 3 aromatic heterocycles. The Balaban J connectivity index is 1.94. The molecule has 3 aromatic rings. The summed E-state index contributed by atoms with van der Waals surface area (Å²) < 4.78 is 6.38. The van der Waals surface area contributed by atoms with Crippen molar-refractivity contribution in [3.63, 3.8) is 0 Å². The Morgan fingerprint density at radius 3 is 2.84 bits per heavy atom. The fraction of sp³-hybridized carbons (Fsp3) is 0.111. The average molecular weight is 292 g/mol. The third-order valence-electron chi connectivity index (χ3n) is 2.02. The third kappa shape index (κ3) is 2.69. The van der Waals surface area contributed by atoms with Crippen LogP contribution in [0.2, 0.25) is 0 Å². The summed E-state index contributed by atoms with van der Waals surface area (Å²) in [6.45, 7) is 1.83. The zero-order valence-corrected chi connectivity index (χ0v) is 11.4. The van der Waals surface area contributed by atoms with Gasteiger partial charge in [-0.25, -0.2) is 9.67 Å². The van der Waals surface area contributed by atoms with Gasteiger partial charge in [0.25, 0.3) is 5.95 Å². The molecule has 0 unspecified atom stereocenters. The maximum atomic E-state index is 5.68. The number of aromatic nitrogens is 7. The monoisotopic (exact) mass is 292 g/mol. The minimum absolute atomic E-state index is 0.143. The van der Waals surface area contributed by atoms with E-state index in [-0.39, 0.29) is 5.95 Å². The number of nitrogens with two attached hydrogens (primary N) is 1. The van der Waals surface area contributed by atoms with Gasteiger partial charge >= 0.3 is 0 Å². The van der Waals surface area contributed by atoms with Crippen molar-refractivity contribution in [2.45, 2.75) is 16.4 Å². The lowest BCUT2D eigenvalue weighted by Crippen LogP contribution is -2.07. The van der Waals surface area contributed by atoms with E-state index in [2.05, 4.69) is 29.4 Å². The zero-order valence-electron chi connectivity index (χ0n) is 9.76. The van der Waals surface area contributed by atoms with Gasteiger partial charge in [0.2, 0.25) is 11.1 Å². The fourth-order valence-electron chi connectivity index (χ4n) is 1.29. The predicted octanol–water partition coefficient (Wildman–Crippen LogP) is 0.951. The Morgan fingerprint density at radius 2 is 2.16 bits per heavy atom. The number of nitrogen functional groups attached to an aromatic ring is 1. The molecular weight excluding hydrogens is 284 g/mol. The summed E-state index contributed by atoms with van der Waals surface area (Å²) in [7, 11) is 0. The summed E-state index contributed by atoms with van der Waals surface area (Å²) in [4.78, 5) is 16.6. The van der Waals surface area contributed by atoms with Crippen molar-refractivity contribution >= 4 is 29.2 Å². The lowest BCUT2D eigenvalue weighted by atomic mass is 10.7. The Morgan fingerprint density at radius 1 is 1.26 bits per heavy atom. The average Bonchev–Trinajstić information content (AvgIpc) is 3.00. The molecular formula is C9H8N8S2. The number of hydrogen-bond donors (Lipinski definition) is 1. The highest BCUT2D eigenvalue weighted by atomic mass is 32.2. The van der Waals surface area contributed by atoms with E-state index in [4.69, 9.17) is 5.73 Å². The molecule has 0 bridgehead atoms. The molecule has 0 atom stereocenters. The van der Waals surface area contributed by atoms with E-state index >= 15 is 0 Å². The number of anilines is 1. The van der Waals surface area contributed by atoms with Gasteiger partial charge in [0.1, 0.15) is 5.82 Å².